The van der Waals surface area contributed by atoms with Crippen molar-refractivity contribution in [2.45, 2.75) is 4.90 Å². The lowest BCUT2D eigenvalue weighted by Crippen LogP contribution is -2.49. The van der Waals surface area contributed by atoms with Crippen molar-refractivity contribution < 1.29 is 21.2 Å². The van der Waals surface area contributed by atoms with Crippen LogP contribution in [0.4, 0.5) is 4.39 Å². The molecule has 10 heteroatoms. The second kappa shape index (κ2) is 7.22. The molecule has 1 N–H and O–H groups in total. The third-order valence-corrected chi connectivity index (χ3v) is 6.39. The number of rotatable bonds is 6. The van der Waals surface area contributed by atoms with Crippen molar-refractivity contribution in [3.05, 3.63) is 30.1 Å². The zero-order valence-electron chi connectivity index (χ0n) is 12.8. The highest BCUT2D eigenvalue weighted by molar-refractivity contribution is 7.89. The Hall–Kier alpha value is -1.07. The second-order valence-corrected chi connectivity index (χ2v) is 9.11. The predicted molar refractivity (Wildman–Crippen MR) is 84.4 cm³/mol. The summed E-state index contributed by atoms with van der Waals surface area (Å²) in [7, 11) is -6.91. The first-order chi connectivity index (χ1) is 10.7. The van der Waals surface area contributed by atoms with E-state index < -0.39 is 25.9 Å². The Morgan fingerprint density at radius 1 is 1.13 bits per heavy atom. The van der Waals surface area contributed by atoms with Gasteiger partial charge in [-0.1, -0.05) is 6.07 Å². The van der Waals surface area contributed by atoms with E-state index in [9.17, 15) is 21.2 Å². The molecule has 0 aliphatic carbocycles. The van der Waals surface area contributed by atoms with Crippen LogP contribution in [0.2, 0.25) is 0 Å². The highest BCUT2D eigenvalue weighted by Crippen LogP contribution is 2.10. The Kier molecular flexibility index (Phi) is 5.74. The molecule has 0 aromatic heterocycles. The van der Waals surface area contributed by atoms with Crippen LogP contribution in [0.15, 0.2) is 29.2 Å². The first-order valence-electron chi connectivity index (χ1n) is 7.11. The van der Waals surface area contributed by atoms with E-state index in [0.29, 0.717) is 32.7 Å². The molecule has 1 aromatic rings. The minimum Gasteiger partial charge on any atom is -0.299 e. The lowest BCUT2D eigenvalue weighted by atomic mass is 10.3. The monoisotopic (exact) mass is 365 g/mol. The molecule has 0 bridgehead atoms. The maximum absolute atomic E-state index is 13.1. The Morgan fingerprint density at radius 2 is 1.78 bits per heavy atom. The first kappa shape index (κ1) is 18.3. The number of nitrogens with one attached hydrogen (secondary N) is 1. The third-order valence-electron chi connectivity index (χ3n) is 3.63. The molecular formula is C13H20FN3O4S2. The summed E-state index contributed by atoms with van der Waals surface area (Å²) in [6, 6.07) is 4.82. The molecule has 0 saturated carbocycles. The van der Waals surface area contributed by atoms with Crippen molar-refractivity contribution in [1.82, 2.24) is 13.9 Å². The summed E-state index contributed by atoms with van der Waals surface area (Å²) in [5.74, 6) is -0.607. The zero-order valence-corrected chi connectivity index (χ0v) is 14.4. The summed E-state index contributed by atoms with van der Waals surface area (Å²) in [6.45, 7) is 2.54. The largest absolute Gasteiger partial charge is 0.299 e. The van der Waals surface area contributed by atoms with Crippen LogP contribution >= 0.6 is 0 Å². The van der Waals surface area contributed by atoms with Gasteiger partial charge in [0.1, 0.15) is 5.82 Å². The summed E-state index contributed by atoms with van der Waals surface area (Å²) in [6.07, 6.45) is 1.18. The van der Waals surface area contributed by atoms with Crippen molar-refractivity contribution in [2.24, 2.45) is 0 Å². The molecule has 0 atom stereocenters. The topological polar surface area (TPSA) is 86.8 Å². The lowest BCUT2D eigenvalue weighted by molar-refractivity contribution is 0.192. The van der Waals surface area contributed by atoms with Crippen molar-refractivity contribution in [2.75, 3.05) is 45.5 Å². The van der Waals surface area contributed by atoms with E-state index in [0.717, 1.165) is 6.07 Å². The smallest absolute Gasteiger partial charge is 0.240 e. The summed E-state index contributed by atoms with van der Waals surface area (Å²) < 4.78 is 63.8. The molecule has 1 fully saturated rings. The average Bonchev–Trinajstić information content (AvgIpc) is 2.47. The van der Waals surface area contributed by atoms with Crippen molar-refractivity contribution in [3.8, 4) is 0 Å². The number of nitrogens with zero attached hydrogens (tertiary/aromatic N) is 2. The Morgan fingerprint density at radius 3 is 2.35 bits per heavy atom. The highest BCUT2D eigenvalue weighted by atomic mass is 32.2. The van der Waals surface area contributed by atoms with E-state index in [1.165, 1.54) is 28.8 Å². The summed E-state index contributed by atoms with van der Waals surface area (Å²) in [4.78, 5) is 1.87. The molecular weight excluding hydrogens is 345 g/mol. The molecule has 130 valence electrons. The van der Waals surface area contributed by atoms with Gasteiger partial charge in [0, 0.05) is 39.3 Å². The molecule has 1 heterocycles. The molecule has 0 spiro atoms. The molecule has 0 unspecified atom stereocenters. The number of sulfonamides is 2. The van der Waals surface area contributed by atoms with Crippen LogP contribution in [-0.4, -0.2) is 71.6 Å². The average molecular weight is 365 g/mol. The van der Waals surface area contributed by atoms with Crippen LogP contribution < -0.4 is 4.72 Å². The minimum absolute atomic E-state index is 0.112. The molecule has 7 nitrogen and oxygen atoms in total. The van der Waals surface area contributed by atoms with Gasteiger partial charge in [-0.15, -0.1) is 0 Å². The van der Waals surface area contributed by atoms with Crippen LogP contribution in [0, 0.1) is 5.82 Å². The molecule has 2 rings (SSSR count). The summed E-state index contributed by atoms with van der Waals surface area (Å²) in [5, 5.41) is 0. The van der Waals surface area contributed by atoms with Crippen LogP contribution in [0.1, 0.15) is 0 Å². The number of halogens is 1. The Labute approximate surface area is 136 Å². The van der Waals surface area contributed by atoms with E-state index in [-0.39, 0.29) is 11.4 Å². The summed E-state index contributed by atoms with van der Waals surface area (Å²) >= 11 is 0. The van der Waals surface area contributed by atoms with Crippen LogP contribution in [-0.2, 0) is 20.0 Å². The van der Waals surface area contributed by atoms with Gasteiger partial charge < -0.3 is 0 Å². The van der Waals surface area contributed by atoms with Crippen molar-refractivity contribution in [1.29, 1.82) is 0 Å². The van der Waals surface area contributed by atoms with E-state index in [1.807, 2.05) is 4.90 Å². The van der Waals surface area contributed by atoms with Gasteiger partial charge in [0.05, 0.1) is 11.2 Å². The van der Waals surface area contributed by atoms with Crippen LogP contribution in [0.25, 0.3) is 0 Å². The number of piperazine rings is 1. The van der Waals surface area contributed by atoms with Gasteiger partial charge >= 0.3 is 0 Å². The predicted octanol–water partition coefficient (Wildman–Crippen LogP) is -0.319. The molecule has 1 aliphatic heterocycles. The minimum atomic E-state index is -3.74. The van der Waals surface area contributed by atoms with Crippen LogP contribution in [0.3, 0.4) is 0 Å². The lowest BCUT2D eigenvalue weighted by Gasteiger charge is -2.33. The molecule has 23 heavy (non-hydrogen) atoms. The normalized spacial score (nSPS) is 18.2. The first-order valence-corrected chi connectivity index (χ1v) is 10.4. The number of hydrogen-bond acceptors (Lipinski definition) is 5. The molecule has 1 saturated heterocycles. The van der Waals surface area contributed by atoms with Gasteiger partial charge in [0.2, 0.25) is 20.0 Å². The van der Waals surface area contributed by atoms with Gasteiger partial charge in [-0.3, -0.25) is 4.90 Å². The fraction of sp³-hybridized carbons (Fsp3) is 0.538. The zero-order chi connectivity index (χ0) is 17.1. The number of benzene rings is 1. The van der Waals surface area contributed by atoms with Gasteiger partial charge in [0.25, 0.3) is 0 Å². The standard InChI is InChI=1S/C13H20FN3O4S2/c1-22(18,19)17-9-7-16(8-10-17)6-5-15-23(20,21)13-4-2-3-12(14)11-13/h2-4,11,15H,5-10H2,1H3. The molecule has 1 aromatic carbocycles. The number of hydrogen-bond donors (Lipinski definition) is 1. The molecule has 0 amide bonds. The van der Waals surface area contributed by atoms with E-state index in [1.54, 1.807) is 0 Å². The van der Waals surface area contributed by atoms with E-state index >= 15 is 0 Å². The van der Waals surface area contributed by atoms with E-state index in [2.05, 4.69) is 4.72 Å². The quantitative estimate of drug-likeness (QED) is 0.747. The van der Waals surface area contributed by atoms with Crippen LogP contribution in [0.5, 0.6) is 0 Å². The maximum atomic E-state index is 13.1. The Bertz CT molecular complexity index is 744. The second-order valence-electron chi connectivity index (χ2n) is 5.36. The Balaban J connectivity index is 1.82. The van der Waals surface area contributed by atoms with Gasteiger partial charge in [-0.05, 0) is 18.2 Å². The van der Waals surface area contributed by atoms with Gasteiger partial charge in [0.15, 0.2) is 0 Å². The highest BCUT2D eigenvalue weighted by Gasteiger charge is 2.23. The SMILES string of the molecule is CS(=O)(=O)N1CCN(CCNS(=O)(=O)c2cccc(F)c2)CC1. The fourth-order valence-corrected chi connectivity index (χ4v) is 4.22. The van der Waals surface area contributed by atoms with Crippen molar-refractivity contribution >= 4 is 20.0 Å². The maximum Gasteiger partial charge on any atom is 0.240 e. The van der Waals surface area contributed by atoms with Crippen molar-refractivity contribution in [3.63, 3.8) is 0 Å². The molecule has 1 aliphatic rings. The van der Waals surface area contributed by atoms with Gasteiger partial charge in [-0.2, -0.15) is 4.31 Å². The van der Waals surface area contributed by atoms with E-state index in [4.69, 9.17) is 0 Å². The fourth-order valence-electron chi connectivity index (χ4n) is 2.34. The third kappa shape index (κ3) is 5.21. The molecule has 0 radical (unpaired) electrons. The van der Waals surface area contributed by atoms with Gasteiger partial charge in [-0.25, -0.2) is 25.9 Å². The summed E-state index contributed by atoms with van der Waals surface area (Å²) in [5.41, 5.74) is 0.